The van der Waals surface area contributed by atoms with Crippen LogP contribution in [0.4, 0.5) is 16.2 Å². The van der Waals surface area contributed by atoms with Gasteiger partial charge < -0.3 is 25.8 Å². The van der Waals surface area contributed by atoms with Crippen molar-refractivity contribution in [2.75, 3.05) is 69.1 Å². The van der Waals surface area contributed by atoms with Crippen molar-refractivity contribution >= 4 is 34.9 Å². The maximum Gasteiger partial charge on any atom is 0.319 e. The van der Waals surface area contributed by atoms with E-state index in [9.17, 15) is 9.59 Å². The highest BCUT2D eigenvalue weighted by atomic mass is 35.5. The Morgan fingerprint density at radius 3 is 2.50 bits per heavy atom. The van der Waals surface area contributed by atoms with E-state index in [1.165, 1.54) is 5.56 Å². The number of benzene rings is 2. The van der Waals surface area contributed by atoms with Crippen LogP contribution in [0.3, 0.4) is 0 Å². The number of nitrogens with one attached hydrogen (secondary N) is 3. The zero-order valence-electron chi connectivity index (χ0n) is 19.4. The Morgan fingerprint density at radius 2 is 1.76 bits per heavy atom. The molecule has 2 aliphatic heterocycles. The number of rotatable bonds is 8. The number of urea groups is 1. The lowest BCUT2D eigenvalue weighted by atomic mass is 10.2. The predicted octanol–water partition coefficient (Wildman–Crippen LogP) is 2.61. The molecule has 3 N–H and O–H groups in total. The largest absolute Gasteiger partial charge is 0.359 e. The summed E-state index contributed by atoms with van der Waals surface area (Å²) in [6.07, 6.45) is 0.906. The van der Waals surface area contributed by atoms with Gasteiger partial charge in [0.1, 0.15) is 0 Å². The van der Waals surface area contributed by atoms with Gasteiger partial charge in [0, 0.05) is 58.0 Å². The van der Waals surface area contributed by atoms with Gasteiger partial charge in [-0.25, -0.2) is 4.79 Å². The van der Waals surface area contributed by atoms with Crippen LogP contribution in [-0.2, 0) is 11.3 Å². The van der Waals surface area contributed by atoms with Gasteiger partial charge in [0.2, 0.25) is 5.91 Å². The summed E-state index contributed by atoms with van der Waals surface area (Å²) in [5, 5.41) is 9.07. The number of piperazine rings is 2. The average Bonchev–Trinajstić information content (AvgIpc) is 2.84. The van der Waals surface area contributed by atoms with E-state index >= 15 is 0 Å². The standard InChI is InChI=1S/C25H33ClN6O2/c26-22-17-21(7-8-23(22)32-12-10-27-24(33)19-32)29-25(34)28-9-4-11-30-13-15-31(16-14-30)18-20-5-2-1-3-6-20/h1-3,5-8,17H,4,9-16,18-19H2,(H,27,33)(H2,28,29,34). The topological polar surface area (TPSA) is 80.0 Å². The average molecular weight is 485 g/mol. The molecule has 0 aromatic heterocycles. The maximum absolute atomic E-state index is 12.3. The molecular formula is C25H33ClN6O2. The molecule has 3 amide bonds. The molecule has 0 saturated carbocycles. The molecular weight excluding hydrogens is 452 g/mol. The predicted molar refractivity (Wildman–Crippen MR) is 136 cm³/mol. The van der Waals surface area contributed by atoms with Crippen LogP contribution in [0.2, 0.25) is 5.02 Å². The van der Waals surface area contributed by atoms with E-state index in [2.05, 4.69) is 56.1 Å². The molecule has 8 nitrogen and oxygen atoms in total. The maximum atomic E-state index is 12.3. The van der Waals surface area contributed by atoms with Crippen molar-refractivity contribution in [3.05, 3.63) is 59.1 Å². The van der Waals surface area contributed by atoms with Crippen LogP contribution in [0.1, 0.15) is 12.0 Å². The fourth-order valence-electron chi connectivity index (χ4n) is 4.38. The number of carbonyl (C=O) groups is 2. The van der Waals surface area contributed by atoms with E-state index in [4.69, 9.17) is 11.6 Å². The molecule has 0 unspecified atom stereocenters. The fraction of sp³-hybridized carbons (Fsp3) is 0.440. The summed E-state index contributed by atoms with van der Waals surface area (Å²) >= 11 is 6.41. The van der Waals surface area contributed by atoms with Crippen LogP contribution in [-0.4, -0.2) is 80.6 Å². The lowest BCUT2D eigenvalue weighted by Gasteiger charge is -2.34. The molecule has 4 rings (SSSR count). The van der Waals surface area contributed by atoms with Gasteiger partial charge in [0.15, 0.2) is 0 Å². The molecule has 0 atom stereocenters. The summed E-state index contributed by atoms with van der Waals surface area (Å²) in [4.78, 5) is 30.8. The van der Waals surface area contributed by atoms with E-state index in [-0.39, 0.29) is 18.5 Å². The zero-order chi connectivity index (χ0) is 23.8. The van der Waals surface area contributed by atoms with Gasteiger partial charge in [-0.2, -0.15) is 0 Å². The molecule has 0 aliphatic carbocycles. The normalized spacial score (nSPS) is 17.3. The first-order valence-electron chi connectivity index (χ1n) is 11.9. The van der Waals surface area contributed by atoms with Crippen molar-refractivity contribution in [2.24, 2.45) is 0 Å². The van der Waals surface area contributed by atoms with Crippen molar-refractivity contribution in [1.29, 1.82) is 0 Å². The monoisotopic (exact) mass is 484 g/mol. The first-order chi connectivity index (χ1) is 16.6. The van der Waals surface area contributed by atoms with Crippen molar-refractivity contribution in [2.45, 2.75) is 13.0 Å². The van der Waals surface area contributed by atoms with Crippen LogP contribution in [0.25, 0.3) is 0 Å². The van der Waals surface area contributed by atoms with E-state index < -0.39 is 0 Å². The van der Waals surface area contributed by atoms with Gasteiger partial charge in [-0.1, -0.05) is 41.9 Å². The molecule has 0 radical (unpaired) electrons. The molecule has 2 heterocycles. The quantitative estimate of drug-likeness (QED) is 0.502. The van der Waals surface area contributed by atoms with Gasteiger partial charge >= 0.3 is 6.03 Å². The summed E-state index contributed by atoms with van der Waals surface area (Å²) < 4.78 is 0. The Hall–Kier alpha value is -2.81. The summed E-state index contributed by atoms with van der Waals surface area (Å²) in [5.41, 5.74) is 2.79. The lowest BCUT2D eigenvalue weighted by Crippen LogP contribution is -2.47. The molecule has 9 heteroatoms. The van der Waals surface area contributed by atoms with Gasteiger partial charge in [0.25, 0.3) is 0 Å². The van der Waals surface area contributed by atoms with Gasteiger partial charge in [-0.15, -0.1) is 0 Å². The molecule has 2 fully saturated rings. The molecule has 34 heavy (non-hydrogen) atoms. The fourth-order valence-corrected chi connectivity index (χ4v) is 4.68. The number of anilines is 2. The molecule has 0 spiro atoms. The number of nitrogens with zero attached hydrogens (tertiary/aromatic N) is 3. The third kappa shape index (κ3) is 7.09. The highest BCUT2D eigenvalue weighted by Crippen LogP contribution is 2.29. The van der Waals surface area contributed by atoms with Crippen LogP contribution in [0, 0.1) is 0 Å². The van der Waals surface area contributed by atoms with Crippen molar-refractivity contribution in [1.82, 2.24) is 20.4 Å². The van der Waals surface area contributed by atoms with Crippen LogP contribution < -0.4 is 20.9 Å². The Kier molecular flexibility index (Phi) is 8.62. The van der Waals surface area contributed by atoms with Crippen LogP contribution in [0.15, 0.2) is 48.5 Å². The minimum atomic E-state index is -0.242. The highest BCUT2D eigenvalue weighted by molar-refractivity contribution is 6.33. The molecule has 2 saturated heterocycles. The third-order valence-electron chi connectivity index (χ3n) is 6.24. The minimum absolute atomic E-state index is 0.0158. The number of hydrogen-bond donors (Lipinski definition) is 3. The van der Waals surface area contributed by atoms with Gasteiger partial charge in [-0.05, 0) is 36.7 Å². The van der Waals surface area contributed by atoms with E-state index in [0.29, 0.717) is 30.3 Å². The van der Waals surface area contributed by atoms with E-state index in [1.54, 1.807) is 6.07 Å². The zero-order valence-corrected chi connectivity index (χ0v) is 20.2. The molecule has 0 bridgehead atoms. The van der Waals surface area contributed by atoms with Gasteiger partial charge in [-0.3, -0.25) is 9.69 Å². The number of carbonyl (C=O) groups excluding carboxylic acids is 2. The summed E-state index contributed by atoms with van der Waals surface area (Å²) in [6, 6.07) is 15.7. The van der Waals surface area contributed by atoms with E-state index in [1.807, 2.05) is 17.0 Å². The number of hydrogen-bond acceptors (Lipinski definition) is 5. The van der Waals surface area contributed by atoms with Crippen LogP contribution >= 0.6 is 11.6 Å². The number of halogens is 1. The number of amides is 3. The molecule has 2 aromatic carbocycles. The molecule has 2 aliphatic rings. The Bertz CT molecular complexity index is 965. The summed E-state index contributed by atoms with van der Waals surface area (Å²) in [5.74, 6) is -0.0158. The second-order valence-electron chi connectivity index (χ2n) is 8.78. The highest BCUT2D eigenvalue weighted by Gasteiger charge is 2.19. The lowest BCUT2D eigenvalue weighted by molar-refractivity contribution is -0.120. The Balaban J connectivity index is 1.12. The molecule has 182 valence electrons. The Morgan fingerprint density at radius 1 is 1.00 bits per heavy atom. The van der Waals surface area contributed by atoms with Crippen molar-refractivity contribution in [3.8, 4) is 0 Å². The van der Waals surface area contributed by atoms with Gasteiger partial charge in [0.05, 0.1) is 17.3 Å². The Labute approximate surface area is 206 Å². The van der Waals surface area contributed by atoms with E-state index in [0.717, 1.165) is 51.4 Å². The second kappa shape index (κ2) is 12.1. The summed E-state index contributed by atoms with van der Waals surface area (Å²) in [6.45, 7) is 8.45. The first kappa shape index (κ1) is 24.3. The molecule has 2 aromatic rings. The smallest absolute Gasteiger partial charge is 0.319 e. The van der Waals surface area contributed by atoms with Crippen molar-refractivity contribution in [3.63, 3.8) is 0 Å². The SMILES string of the molecule is O=C1CN(c2ccc(NC(=O)NCCCN3CCN(Cc4ccccc4)CC3)cc2Cl)CCN1. The minimum Gasteiger partial charge on any atom is -0.359 e. The van der Waals surface area contributed by atoms with Crippen LogP contribution in [0.5, 0.6) is 0 Å². The van der Waals surface area contributed by atoms with Crippen molar-refractivity contribution < 1.29 is 9.59 Å². The second-order valence-corrected chi connectivity index (χ2v) is 9.18. The first-order valence-corrected chi connectivity index (χ1v) is 12.3. The third-order valence-corrected chi connectivity index (χ3v) is 6.54. The summed E-state index contributed by atoms with van der Waals surface area (Å²) in [7, 11) is 0.